The summed E-state index contributed by atoms with van der Waals surface area (Å²) in [4.78, 5) is 14.8. The van der Waals surface area contributed by atoms with Gasteiger partial charge < -0.3 is 110 Å². The summed E-state index contributed by atoms with van der Waals surface area (Å²) in [5.74, 6) is 0.655. The molecule has 0 amide bonds. The zero-order valence-electron chi connectivity index (χ0n) is 44.5. The van der Waals surface area contributed by atoms with E-state index in [2.05, 4.69) is 19.9 Å². The molecule has 15 atom stereocenters. The smallest absolute Gasteiger partial charge is 0.229 e. The molecule has 16 N–H and O–H groups in total. The number of aliphatic hydroxyl groups is 12. The van der Waals surface area contributed by atoms with Gasteiger partial charge in [-0.2, -0.15) is 0 Å². The molecule has 0 unspecified atom stereocenters. The van der Waals surface area contributed by atoms with Crippen LogP contribution in [0.3, 0.4) is 0 Å². The van der Waals surface area contributed by atoms with Crippen molar-refractivity contribution in [2.75, 3.05) is 19.8 Å². The first-order valence-corrected chi connectivity index (χ1v) is 27.2. The van der Waals surface area contributed by atoms with Crippen molar-refractivity contribution in [1.82, 2.24) is 19.9 Å². The van der Waals surface area contributed by atoms with Crippen molar-refractivity contribution in [3.63, 3.8) is 0 Å². The molecule has 3 saturated heterocycles. The number of nitrogens with one attached hydrogen (secondary N) is 4. The van der Waals surface area contributed by atoms with Gasteiger partial charge in [-0.05, 0) is 107 Å². The molecule has 12 rings (SSSR count). The van der Waals surface area contributed by atoms with Gasteiger partial charge in [0.05, 0.1) is 19.8 Å². The van der Waals surface area contributed by atoms with Gasteiger partial charge in [0.1, 0.15) is 90.5 Å². The maximum absolute atomic E-state index is 11.0. The van der Waals surface area contributed by atoms with Gasteiger partial charge in [0.15, 0.2) is 0 Å². The Hall–Kier alpha value is -7.72. The van der Waals surface area contributed by atoms with E-state index in [9.17, 15) is 61.3 Å². The van der Waals surface area contributed by atoms with Crippen molar-refractivity contribution < 1.29 is 89.7 Å². The normalized spacial score (nSPS) is 29.0. The van der Waals surface area contributed by atoms with Gasteiger partial charge in [-0.1, -0.05) is 66.7 Å². The Morgan fingerprint density at radius 1 is 0.298 bits per heavy atom. The van der Waals surface area contributed by atoms with Gasteiger partial charge in [0.25, 0.3) is 0 Å². The molecule has 0 radical (unpaired) electrons. The standard InChI is InChI=1S/C62H62N4O18/c67-26-44-51(70)54(73)57(76)60(82-44)79-33-12-4-9-30(23-33)48-38-17-15-36(63-38)47(29-7-2-1-3-8-29)37-16-18-39(64-37)49(31-10-5-13-34(24-31)80-61-58(77)55(74)52(71)45(27-68)83-61)41-20-22-43(66-41)50(42-21-19-40(48)65-42)32-11-6-14-35(25-32)81-62-59(78)56(75)53(72)46(28-69)84-62/h1-25,44-46,51-78H,26-28H2/t44-,45-,46-,51-,52-,53-,54+,55+,56+,57-,58-,59-,60-,61-,62-/m1/s1. The van der Waals surface area contributed by atoms with Crippen molar-refractivity contribution in [2.45, 2.75) is 92.1 Å². The highest BCUT2D eigenvalue weighted by atomic mass is 16.7. The number of benzene rings is 4. The predicted octanol–water partition coefficient (Wildman–Crippen LogP) is -2.16. The van der Waals surface area contributed by atoms with E-state index in [4.69, 9.17) is 28.4 Å². The van der Waals surface area contributed by atoms with Gasteiger partial charge in [0, 0.05) is 66.5 Å². The van der Waals surface area contributed by atoms with Crippen LogP contribution in [0.2, 0.25) is 0 Å². The summed E-state index contributed by atoms with van der Waals surface area (Å²) in [6, 6.07) is 46.2. The number of H-pyrrole nitrogens is 4. The fraction of sp³-hybridized carbons (Fsp3) is 0.290. The van der Waals surface area contributed by atoms with E-state index in [-0.39, 0.29) is 17.2 Å². The first kappa shape index (κ1) is 56.7. The fourth-order valence-electron chi connectivity index (χ4n) is 11.2. The Morgan fingerprint density at radius 3 is 0.881 bits per heavy atom. The zero-order chi connectivity index (χ0) is 58.5. The van der Waals surface area contributed by atoms with E-state index < -0.39 is 112 Å². The number of fused-ring (bicyclic) bond motifs is 8. The summed E-state index contributed by atoms with van der Waals surface area (Å²) in [5, 5.41) is 129. The van der Waals surface area contributed by atoms with Crippen LogP contribution in [-0.4, -0.2) is 193 Å². The first-order chi connectivity index (χ1) is 40.7. The minimum atomic E-state index is -1.69. The lowest BCUT2D eigenvalue weighted by Crippen LogP contribution is -2.60. The van der Waals surface area contributed by atoms with Crippen LogP contribution < -0.4 is 35.6 Å². The molecule has 8 aromatic rings. The highest BCUT2D eigenvalue weighted by Gasteiger charge is 2.47. The van der Waals surface area contributed by atoms with E-state index in [0.29, 0.717) is 66.5 Å². The lowest BCUT2D eigenvalue weighted by Gasteiger charge is -2.39. The number of aliphatic hydroxyl groups excluding tert-OH is 12. The Kier molecular flexibility index (Phi) is 16.0. The van der Waals surface area contributed by atoms with Crippen LogP contribution in [0.25, 0.3) is 22.3 Å². The average molecular weight is 1150 g/mol. The zero-order valence-corrected chi connectivity index (χ0v) is 44.5. The number of hydrogen-bond donors (Lipinski definition) is 16. The summed E-state index contributed by atoms with van der Waals surface area (Å²) in [5.41, 5.74) is 8.00. The molecular weight excluding hydrogens is 1090 g/mol. The maximum Gasteiger partial charge on any atom is 0.229 e. The highest BCUT2D eigenvalue weighted by molar-refractivity contribution is 5.85. The van der Waals surface area contributed by atoms with Crippen molar-refractivity contribution in [1.29, 1.82) is 0 Å². The molecule has 4 aromatic carbocycles. The monoisotopic (exact) mass is 1150 g/mol. The molecule has 8 heterocycles. The van der Waals surface area contributed by atoms with Gasteiger partial charge in [-0.3, -0.25) is 0 Å². The molecule has 22 heteroatoms. The minimum absolute atomic E-state index is 0.199. The molecule has 4 aromatic heterocycles. The van der Waals surface area contributed by atoms with E-state index >= 15 is 0 Å². The Labute approximate surface area is 477 Å². The van der Waals surface area contributed by atoms with Crippen molar-refractivity contribution >= 4 is 22.3 Å². The SMILES string of the molecule is OC[C@H]1O[C@@H](Oc2cccc(C3=c4ccc([nH]4)=C(c4ccccc4)c4ccc([nH]4)C(c4cccc(O[C@@H]5O[C@H](CO)[C@@H](O)[C@H](O)[C@H]5O)c4)=c4ccc([nH]4)=C(c4cccc(O[C@@H]5O[C@H](CO)[C@@H](O)[C@H](O)[C@H]5O)c4)c4ccc3[nH]4)c2)[C@H](O)[C@@H](O)[C@@H]1O. The Morgan fingerprint density at radius 2 is 0.583 bits per heavy atom. The van der Waals surface area contributed by atoms with E-state index in [0.717, 1.165) is 22.2 Å². The van der Waals surface area contributed by atoms with Gasteiger partial charge in [0.2, 0.25) is 18.9 Å². The van der Waals surface area contributed by atoms with Crippen molar-refractivity contribution in [2.24, 2.45) is 0 Å². The van der Waals surface area contributed by atoms with Gasteiger partial charge >= 0.3 is 0 Å². The number of ether oxygens (including phenoxy) is 6. The van der Waals surface area contributed by atoms with Gasteiger partial charge in [-0.15, -0.1) is 0 Å². The van der Waals surface area contributed by atoms with Crippen LogP contribution >= 0.6 is 0 Å². The quantitative estimate of drug-likeness (QED) is 0.0585. The Balaban J connectivity index is 1.06. The third kappa shape index (κ3) is 10.8. The van der Waals surface area contributed by atoms with Crippen molar-refractivity contribution in [3.8, 4) is 17.2 Å². The summed E-state index contributed by atoms with van der Waals surface area (Å²) < 4.78 is 35.7. The molecule has 8 bridgehead atoms. The molecule has 438 valence electrons. The van der Waals surface area contributed by atoms with Crippen molar-refractivity contribution in [3.05, 3.63) is 218 Å². The molecule has 4 aliphatic rings. The number of hydrogen-bond acceptors (Lipinski definition) is 18. The second kappa shape index (κ2) is 23.7. The molecule has 0 saturated carbocycles. The van der Waals surface area contributed by atoms with Crippen LogP contribution in [0, 0.1) is 0 Å². The molecule has 0 spiro atoms. The molecule has 3 fully saturated rings. The van der Waals surface area contributed by atoms with Crippen LogP contribution in [0.5, 0.6) is 17.2 Å². The van der Waals surface area contributed by atoms with Crippen LogP contribution in [0.4, 0.5) is 0 Å². The molecule has 84 heavy (non-hydrogen) atoms. The summed E-state index contributed by atoms with van der Waals surface area (Å²) in [7, 11) is 0. The topological polar surface area (TPSA) is 361 Å². The average Bonchev–Trinajstić information content (AvgIpc) is 4.53. The maximum atomic E-state index is 11.0. The molecule has 4 aliphatic heterocycles. The highest BCUT2D eigenvalue weighted by Crippen LogP contribution is 2.34. The summed E-state index contributed by atoms with van der Waals surface area (Å²) in [6.07, 6.45) is -22.9. The third-order valence-electron chi connectivity index (χ3n) is 15.6. The predicted molar refractivity (Wildman–Crippen MR) is 297 cm³/mol. The third-order valence-corrected chi connectivity index (χ3v) is 15.6. The van der Waals surface area contributed by atoms with E-state index in [1.54, 1.807) is 54.6 Å². The van der Waals surface area contributed by atoms with Gasteiger partial charge in [-0.25, -0.2) is 0 Å². The Bertz CT molecular complexity index is 3890. The minimum Gasteiger partial charge on any atom is -0.462 e. The van der Waals surface area contributed by atoms with Crippen LogP contribution in [0.1, 0.15) is 45.0 Å². The van der Waals surface area contributed by atoms with Crippen LogP contribution in [0.15, 0.2) is 152 Å². The largest absolute Gasteiger partial charge is 0.462 e. The number of aromatic amines is 4. The fourth-order valence-corrected chi connectivity index (χ4v) is 11.2. The van der Waals surface area contributed by atoms with E-state index in [1.807, 2.05) is 97.1 Å². The second-order valence-electron chi connectivity index (χ2n) is 21.0. The lowest BCUT2D eigenvalue weighted by atomic mass is 9.99. The molecule has 0 aliphatic carbocycles. The molecular formula is C62H62N4O18. The second-order valence-corrected chi connectivity index (χ2v) is 21.0. The lowest BCUT2D eigenvalue weighted by molar-refractivity contribution is -0.277. The van der Waals surface area contributed by atoms with E-state index in [1.165, 1.54) is 0 Å². The first-order valence-electron chi connectivity index (χ1n) is 27.2. The molecule has 22 nitrogen and oxygen atoms in total. The number of rotatable bonds is 13. The summed E-state index contributed by atoms with van der Waals surface area (Å²) >= 11 is 0. The summed E-state index contributed by atoms with van der Waals surface area (Å²) in [6.45, 7) is -1.94. The van der Waals surface area contributed by atoms with Crippen LogP contribution in [-0.2, 0) is 14.2 Å². The number of aromatic nitrogens is 4.